The van der Waals surface area contributed by atoms with Crippen molar-refractivity contribution in [1.29, 1.82) is 0 Å². The number of amides is 1. The highest BCUT2D eigenvalue weighted by Gasteiger charge is 2.21. The van der Waals surface area contributed by atoms with Gasteiger partial charge in [0.1, 0.15) is 5.82 Å². The lowest BCUT2D eigenvalue weighted by atomic mass is 10.1. The molecule has 1 atom stereocenters. The first kappa shape index (κ1) is 15.9. The maximum Gasteiger partial charge on any atom is 0.274 e. The Morgan fingerprint density at radius 1 is 1.12 bits per heavy atom. The van der Waals surface area contributed by atoms with Gasteiger partial charge in [0, 0.05) is 17.5 Å². The normalized spacial score (nSPS) is 12.0. The van der Waals surface area contributed by atoms with E-state index in [9.17, 15) is 4.79 Å². The van der Waals surface area contributed by atoms with E-state index in [1.165, 1.54) is 6.39 Å². The van der Waals surface area contributed by atoms with Crippen molar-refractivity contribution in [1.82, 2.24) is 20.3 Å². The molecule has 1 unspecified atom stereocenters. The van der Waals surface area contributed by atoms with E-state index in [4.69, 9.17) is 4.42 Å². The highest BCUT2D eigenvalue weighted by atomic mass is 16.3. The summed E-state index contributed by atoms with van der Waals surface area (Å²) >= 11 is 0. The standard InChI is InChI=1S/C18H18N4O2/c1-11-4-6-14(7-5-11)16-15(20-10-24-16)18(23)22-13(3)17-19-9-8-12(2)21-17/h4-10,13H,1-3H3,(H,22,23). The van der Waals surface area contributed by atoms with Crippen molar-refractivity contribution in [3.63, 3.8) is 0 Å². The molecule has 6 nitrogen and oxygen atoms in total. The summed E-state index contributed by atoms with van der Waals surface area (Å²) in [6, 6.07) is 9.20. The number of aromatic nitrogens is 3. The van der Waals surface area contributed by atoms with E-state index in [0.717, 1.165) is 16.8 Å². The molecule has 3 aromatic rings. The lowest BCUT2D eigenvalue weighted by Gasteiger charge is -2.12. The monoisotopic (exact) mass is 322 g/mol. The molecule has 24 heavy (non-hydrogen) atoms. The van der Waals surface area contributed by atoms with Crippen LogP contribution in [-0.2, 0) is 0 Å². The zero-order chi connectivity index (χ0) is 17.1. The Morgan fingerprint density at radius 2 is 1.88 bits per heavy atom. The molecule has 1 aromatic carbocycles. The van der Waals surface area contributed by atoms with E-state index in [0.29, 0.717) is 11.6 Å². The summed E-state index contributed by atoms with van der Waals surface area (Å²) in [6.07, 6.45) is 2.95. The van der Waals surface area contributed by atoms with Gasteiger partial charge in [-0.05, 0) is 26.8 Å². The van der Waals surface area contributed by atoms with Crippen LogP contribution in [0, 0.1) is 13.8 Å². The second kappa shape index (κ2) is 6.62. The predicted molar refractivity (Wildman–Crippen MR) is 89.3 cm³/mol. The van der Waals surface area contributed by atoms with Crippen LogP contribution in [0.5, 0.6) is 0 Å². The van der Waals surface area contributed by atoms with Crippen molar-refractivity contribution in [2.24, 2.45) is 0 Å². The third kappa shape index (κ3) is 3.32. The SMILES string of the molecule is Cc1ccc(-c2ocnc2C(=O)NC(C)c2nccc(C)n2)cc1. The quantitative estimate of drug-likeness (QED) is 0.797. The fourth-order valence-electron chi connectivity index (χ4n) is 2.32. The molecule has 0 fully saturated rings. The number of oxazole rings is 1. The number of hydrogen-bond donors (Lipinski definition) is 1. The Bertz CT molecular complexity index is 855. The number of hydrogen-bond acceptors (Lipinski definition) is 5. The van der Waals surface area contributed by atoms with E-state index in [-0.39, 0.29) is 17.6 Å². The van der Waals surface area contributed by atoms with Crippen LogP contribution in [0.3, 0.4) is 0 Å². The third-order valence-electron chi connectivity index (χ3n) is 3.64. The van der Waals surface area contributed by atoms with Crippen LogP contribution >= 0.6 is 0 Å². The molecule has 0 spiro atoms. The second-order valence-corrected chi connectivity index (χ2v) is 5.65. The lowest BCUT2D eigenvalue weighted by Crippen LogP contribution is -2.28. The van der Waals surface area contributed by atoms with Crippen LogP contribution in [0.15, 0.2) is 47.3 Å². The number of carbonyl (C=O) groups excluding carboxylic acids is 1. The molecule has 0 aliphatic heterocycles. The first-order valence-corrected chi connectivity index (χ1v) is 7.65. The molecule has 2 aromatic heterocycles. The molecular weight excluding hydrogens is 304 g/mol. The second-order valence-electron chi connectivity index (χ2n) is 5.65. The minimum absolute atomic E-state index is 0.248. The minimum Gasteiger partial charge on any atom is -0.443 e. The Balaban J connectivity index is 1.81. The highest BCUT2D eigenvalue weighted by Crippen LogP contribution is 2.24. The number of benzene rings is 1. The van der Waals surface area contributed by atoms with Gasteiger partial charge in [0.2, 0.25) is 0 Å². The summed E-state index contributed by atoms with van der Waals surface area (Å²) in [5.74, 6) is 0.686. The molecule has 0 saturated heterocycles. The third-order valence-corrected chi connectivity index (χ3v) is 3.64. The summed E-state index contributed by atoms with van der Waals surface area (Å²) < 4.78 is 5.41. The number of carbonyl (C=O) groups is 1. The minimum atomic E-state index is -0.333. The molecule has 3 rings (SSSR count). The Morgan fingerprint density at radius 3 is 2.58 bits per heavy atom. The molecule has 0 aliphatic carbocycles. The van der Waals surface area contributed by atoms with Crippen molar-refractivity contribution >= 4 is 5.91 Å². The summed E-state index contributed by atoms with van der Waals surface area (Å²) in [4.78, 5) is 25.1. The van der Waals surface area contributed by atoms with E-state index in [1.807, 2.05) is 51.1 Å². The molecule has 6 heteroatoms. The van der Waals surface area contributed by atoms with Gasteiger partial charge >= 0.3 is 0 Å². The van der Waals surface area contributed by atoms with Gasteiger partial charge in [-0.2, -0.15) is 0 Å². The zero-order valence-electron chi connectivity index (χ0n) is 13.8. The smallest absolute Gasteiger partial charge is 0.274 e. The molecule has 1 N–H and O–H groups in total. The summed E-state index contributed by atoms with van der Waals surface area (Å²) in [5.41, 5.74) is 3.04. The van der Waals surface area contributed by atoms with Gasteiger partial charge in [-0.1, -0.05) is 29.8 Å². The van der Waals surface area contributed by atoms with Crippen LogP contribution in [0.25, 0.3) is 11.3 Å². The number of nitrogens with zero attached hydrogens (tertiary/aromatic N) is 3. The molecule has 0 bridgehead atoms. The summed E-state index contributed by atoms with van der Waals surface area (Å²) in [6.45, 7) is 5.71. The van der Waals surface area contributed by atoms with Gasteiger partial charge in [0.15, 0.2) is 17.8 Å². The van der Waals surface area contributed by atoms with Crippen molar-refractivity contribution < 1.29 is 9.21 Å². The van der Waals surface area contributed by atoms with Gasteiger partial charge in [-0.15, -0.1) is 0 Å². The first-order valence-electron chi connectivity index (χ1n) is 7.65. The lowest BCUT2D eigenvalue weighted by molar-refractivity contribution is 0.0934. The average Bonchev–Trinajstić information content (AvgIpc) is 3.05. The van der Waals surface area contributed by atoms with Crippen LogP contribution in [0.1, 0.15) is 40.5 Å². The van der Waals surface area contributed by atoms with Crippen LogP contribution in [-0.4, -0.2) is 20.9 Å². The van der Waals surface area contributed by atoms with Gasteiger partial charge in [0.25, 0.3) is 5.91 Å². The number of nitrogens with one attached hydrogen (secondary N) is 1. The van der Waals surface area contributed by atoms with E-state index in [1.54, 1.807) is 6.20 Å². The Hall–Kier alpha value is -3.02. The Kier molecular flexibility index (Phi) is 4.37. The van der Waals surface area contributed by atoms with E-state index >= 15 is 0 Å². The Labute approximate surface area is 140 Å². The van der Waals surface area contributed by atoms with Crippen molar-refractivity contribution in [3.8, 4) is 11.3 Å². The van der Waals surface area contributed by atoms with Crippen molar-refractivity contribution in [2.45, 2.75) is 26.8 Å². The number of rotatable bonds is 4. The molecule has 2 heterocycles. The fraction of sp³-hybridized carbons (Fsp3) is 0.222. The zero-order valence-corrected chi connectivity index (χ0v) is 13.8. The first-order chi connectivity index (χ1) is 11.5. The fourth-order valence-corrected chi connectivity index (χ4v) is 2.32. The predicted octanol–water partition coefficient (Wildman–Crippen LogP) is 3.24. The molecular formula is C18H18N4O2. The van der Waals surface area contributed by atoms with Gasteiger partial charge in [-0.3, -0.25) is 4.79 Å². The molecule has 0 saturated carbocycles. The number of aryl methyl sites for hydroxylation is 2. The molecule has 1 amide bonds. The van der Waals surface area contributed by atoms with E-state index < -0.39 is 0 Å². The summed E-state index contributed by atoms with van der Waals surface area (Å²) in [5, 5.41) is 2.86. The summed E-state index contributed by atoms with van der Waals surface area (Å²) in [7, 11) is 0. The van der Waals surface area contributed by atoms with Crippen molar-refractivity contribution in [3.05, 3.63) is 65.7 Å². The average molecular weight is 322 g/mol. The van der Waals surface area contributed by atoms with Crippen LogP contribution in [0.4, 0.5) is 0 Å². The van der Waals surface area contributed by atoms with Gasteiger partial charge in [0.05, 0.1) is 6.04 Å². The van der Waals surface area contributed by atoms with Crippen molar-refractivity contribution in [2.75, 3.05) is 0 Å². The van der Waals surface area contributed by atoms with Gasteiger partial charge < -0.3 is 9.73 Å². The van der Waals surface area contributed by atoms with Crippen LogP contribution in [0.2, 0.25) is 0 Å². The maximum absolute atomic E-state index is 12.5. The molecule has 0 aliphatic rings. The maximum atomic E-state index is 12.5. The molecule has 122 valence electrons. The van der Waals surface area contributed by atoms with Gasteiger partial charge in [-0.25, -0.2) is 15.0 Å². The topological polar surface area (TPSA) is 80.9 Å². The largest absolute Gasteiger partial charge is 0.443 e. The highest BCUT2D eigenvalue weighted by molar-refractivity contribution is 5.97. The van der Waals surface area contributed by atoms with Crippen LogP contribution < -0.4 is 5.32 Å². The molecule has 0 radical (unpaired) electrons. The van der Waals surface area contributed by atoms with E-state index in [2.05, 4.69) is 20.3 Å².